The molecule has 1 atom stereocenters. The lowest BCUT2D eigenvalue weighted by atomic mass is 9.97. The van der Waals surface area contributed by atoms with Crippen molar-refractivity contribution in [1.29, 1.82) is 5.26 Å². The van der Waals surface area contributed by atoms with E-state index in [0.29, 0.717) is 22.6 Å². The van der Waals surface area contributed by atoms with Gasteiger partial charge < -0.3 is 14.9 Å². The van der Waals surface area contributed by atoms with E-state index in [0.717, 1.165) is 42.8 Å². The van der Waals surface area contributed by atoms with Gasteiger partial charge >= 0.3 is 0 Å². The zero-order chi connectivity index (χ0) is 19.0. The van der Waals surface area contributed by atoms with E-state index in [4.69, 9.17) is 14.9 Å². The van der Waals surface area contributed by atoms with Gasteiger partial charge in [0, 0.05) is 31.0 Å². The summed E-state index contributed by atoms with van der Waals surface area (Å²) in [6.07, 6.45) is 6.71. The standard InChI is InChI=1S/C20H21N5O2/c1-12-18(17-7-6-16(27-17)15-5-3-4-8-26-15)14(9-21)20(22)24-19(12)13-10-23-25(2)11-13/h6-7,10-11,15H,3-5,8H2,1-2H3,(H2,22,24)/t15-/m1/s1. The van der Waals surface area contributed by atoms with Crippen LogP contribution in [0.3, 0.4) is 0 Å². The van der Waals surface area contributed by atoms with Crippen LogP contribution >= 0.6 is 0 Å². The lowest BCUT2D eigenvalue weighted by molar-refractivity contribution is 0.00221. The van der Waals surface area contributed by atoms with E-state index in [9.17, 15) is 5.26 Å². The molecule has 0 aliphatic carbocycles. The number of nitrogens with two attached hydrogens (primary N) is 1. The number of hydrogen-bond acceptors (Lipinski definition) is 6. The molecule has 0 bridgehead atoms. The Kier molecular flexibility index (Phi) is 4.42. The molecule has 3 aromatic rings. The molecule has 27 heavy (non-hydrogen) atoms. The van der Waals surface area contributed by atoms with E-state index in [1.165, 1.54) is 0 Å². The summed E-state index contributed by atoms with van der Waals surface area (Å²) in [5.41, 5.74) is 9.47. The average molecular weight is 363 g/mol. The third-order valence-electron chi connectivity index (χ3n) is 4.93. The van der Waals surface area contributed by atoms with E-state index in [-0.39, 0.29) is 11.9 Å². The van der Waals surface area contributed by atoms with Crippen molar-refractivity contribution in [2.45, 2.75) is 32.3 Å². The van der Waals surface area contributed by atoms with Crippen molar-refractivity contribution in [2.75, 3.05) is 12.3 Å². The molecule has 1 aliphatic heterocycles. The summed E-state index contributed by atoms with van der Waals surface area (Å²) in [4.78, 5) is 4.45. The van der Waals surface area contributed by atoms with Crippen LogP contribution in [0.2, 0.25) is 0 Å². The molecule has 7 heteroatoms. The number of nitriles is 1. The summed E-state index contributed by atoms with van der Waals surface area (Å²) in [6.45, 7) is 2.67. The molecule has 0 saturated carbocycles. The van der Waals surface area contributed by atoms with Gasteiger partial charge in [0.05, 0.1) is 11.9 Å². The summed E-state index contributed by atoms with van der Waals surface area (Å²) in [6, 6.07) is 5.98. The third-order valence-corrected chi connectivity index (χ3v) is 4.93. The predicted octanol–water partition coefficient (Wildman–Crippen LogP) is 3.75. The van der Waals surface area contributed by atoms with Crippen LogP contribution in [-0.4, -0.2) is 21.4 Å². The number of nitrogens with zero attached hydrogens (tertiary/aromatic N) is 4. The SMILES string of the molecule is Cc1c(-c2cnn(C)c2)nc(N)c(C#N)c1-c1ccc([C@H]2CCCCO2)o1. The predicted molar refractivity (Wildman–Crippen MR) is 101 cm³/mol. The molecule has 1 saturated heterocycles. The fourth-order valence-corrected chi connectivity index (χ4v) is 3.57. The third kappa shape index (κ3) is 3.09. The van der Waals surface area contributed by atoms with Gasteiger partial charge in [-0.15, -0.1) is 0 Å². The first kappa shape index (κ1) is 17.3. The maximum absolute atomic E-state index is 9.65. The average Bonchev–Trinajstić information content (AvgIpc) is 3.33. The Morgan fingerprint density at radius 1 is 1.33 bits per heavy atom. The van der Waals surface area contributed by atoms with Gasteiger partial charge in [-0.3, -0.25) is 4.68 Å². The first-order valence-electron chi connectivity index (χ1n) is 8.99. The van der Waals surface area contributed by atoms with Crippen molar-refractivity contribution >= 4 is 5.82 Å². The van der Waals surface area contributed by atoms with Gasteiger partial charge in [-0.1, -0.05) is 0 Å². The monoisotopic (exact) mass is 363 g/mol. The van der Waals surface area contributed by atoms with Crippen molar-refractivity contribution < 1.29 is 9.15 Å². The van der Waals surface area contributed by atoms with Crippen molar-refractivity contribution in [3.05, 3.63) is 41.4 Å². The minimum Gasteiger partial charge on any atom is -0.458 e. The Labute approximate surface area is 157 Å². The van der Waals surface area contributed by atoms with Gasteiger partial charge in [-0.2, -0.15) is 10.4 Å². The van der Waals surface area contributed by atoms with Crippen LogP contribution in [0.4, 0.5) is 5.82 Å². The molecule has 4 rings (SSSR count). The molecule has 138 valence electrons. The summed E-state index contributed by atoms with van der Waals surface area (Å²) in [7, 11) is 1.84. The van der Waals surface area contributed by atoms with Gasteiger partial charge in [0.15, 0.2) is 0 Å². The molecule has 7 nitrogen and oxygen atoms in total. The number of nitrogen functional groups attached to an aromatic ring is 1. The molecule has 1 fully saturated rings. The second-order valence-electron chi connectivity index (χ2n) is 6.79. The quantitative estimate of drug-likeness (QED) is 0.760. The van der Waals surface area contributed by atoms with Gasteiger partial charge in [0.2, 0.25) is 0 Å². The highest BCUT2D eigenvalue weighted by molar-refractivity contribution is 5.82. The first-order chi connectivity index (χ1) is 13.1. The van der Waals surface area contributed by atoms with Crippen molar-refractivity contribution in [3.63, 3.8) is 0 Å². The highest BCUT2D eigenvalue weighted by Crippen LogP contribution is 2.38. The van der Waals surface area contributed by atoms with E-state index in [1.807, 2.05) is 32.3 Å². The van der Waals surface area contributed by atoms with E-state index in [1.54, 1.807) is 10.9 Å². The van der Waals surface area contributed by atoms with Crippen LogP contribution in [-0.2, 0) is 11.8 Å². The number of rotatable bonds is 3. The maximum atomic E-state index is 9.65. The minimum atomic E-state index is -0.0321. The Bertz CT molecular complexity index is 1020. The summed E-state index contributed by atoms with van der Waals surface area (Å²) < 4.78 is 13.6. The zero-order valence-electron chi connectivity index (χ0n) is 15.4. The lowest BCUT2D eigenvalue weighted by Gasteiger charge is -2.20. The molecule has 1 aliphatic rings. The number of pyridine rings is 1. The summed E-state index contributed by atoms with van der Waals surface area (Å²) in [5, 5.41) is 13.9. The van der Waals surface area contributed by atoms with E-state index < -0.39 is 0 Å². The highest BCUT2D eigenvalue weighted by Gasteiger charge is 2.24. The Morgan fingerprint density at radius 2 is 2.19 bits per heavy atom. The van der Waals surface area contributed by atoms with Crippen LogP contribution in [0.1, 0.15) is 42.3 Å². The molecule has 0 amide bonds. The van der Waals surface area contributed by atoms with Gasteiger partial charge in [0.1, 0.15) is 35.1 Å². The number of ether oxygens (including phenoxy) is 1. The van der Waals surface area contributed by atoms with Crippen LogP contribution < -0.4 is 5.73 Å². The molecule has 0 unspecified atom stereocenters. The van der Waals surface area contributed by atoms with Crippen LogP contribution in [0.15, 0.2) is 28.9 Å². The van der Waals surface area contributed by atoms with Crippen LogP contribution in [0.25, 0.3) is 22.6 Å². The zero-order valence-corrected chi connectivity index (χ0v) is 15.4. The molecular formula is C20H21N5O2. The van der Waals surface area contributed by atoms with Crippen molar-refractivity contribution in [3.8, 4) is 28.7 Å². The van der Waals surface area contributed by atoms with E-state index >= 15 is 0 Å². The Balaban J connectivity index is 1.83. The van der Waals surface area contributed by atoms with Crippen LogP contribution in [0, 0.1) is 18.3 Å². The van der Waals surface area contributed by atoms with Crippen molar-refractivity contribution in [1.82, 2.24) is 14.8 Å². The molecule has 2 N–H and O–H groups in total. The molecule has 0 spiro atoms. The smallest absolute Gasteiger partial charge is 0.142 e. The normalized spacial score (nSPS) is 17.0. The number of aromatic nitrogens is 3. The van der Waals surface area contributed by atoms with Gasteiger partial charge in [-0.05, 0) is 43.9 Å². The van der Waals surface area contributed by atoms with Crippen molar-refractivity contribution in [2.24, 2.45) is 7.05 Å². The molecular weight excluding hydrogens is 342 g/mol. The Morgan fingerprint density at radius 3 is 2.85 bits per heavy atom. The second kappa shape index (κ2) is 6.89. The van der Waals surface area contributed by atoms with E-state index in [2.05, 4.69) is 16.2 Å². The fraction of sp³-hybridized carbons (Fsp3) is 0.350. The summed E-state index contributed by atoms with van der Waals surface area (Å²) >= 11 is 0. The molecule has 4 heterocycles. The number of hydrogen-bond donors (Lipinski definition) is 1. The molecule has 0 aromatic carbocycles. The highest BCUT2D eigenvalue weighted by atomic mass is 16.5. The maximum Gasteiger partial charge on any atom is 0.142 e. The number of furan rings is 1. The molecule has 0 radical (unpaired) electrons. The first-order valence-corrected chi connectivity index (χ1v) is 8.99. The number of anilines is 1. The lowest BCUT2D eigenvalue weighted by Crippen LogP contribution is -2.10. The Hall–Kier alpha value is -3.11. The number of aryl methyl sites for hydroxylation is 1. The topological polar surface area (TPSA) is 103 Å². The minimum absolute atomic E-state index is 0.0321. The molecule has 3 aromatic heterocycles. The van der Waals surface area contributed by atoms with Gasteiger partial charge in [0.25, 0.3) is 0 Å². The second-order valence-corrected chi connectivity index (χ2v) is 6.79. The van der Waals surface area contributed by atoms with Gasteiger partial charge in [-0.25, -0.2) is 4.98 Å². The summed E-state index contributed by atoms with van der Waals surface area (Å²) in [5.74, 6) is 1.57. The fourth-order valence-electron chi connectivity index (χ4n) is 3.57. The van der Waals surface area contributed by atoms with Crippen LogP contribution in [0.5, 0.6) is 0 Å². The largest absolute Gasteiger partial charge is 0.458 e.